The number of benzene rings is 3. The molecule has 0 unspecified atom stereocenters. The maximum absolute atomic E-state index is 12.2. The van der Waals surface area contributed by atoms with Crippen LogP contribution in [0.5, 0.6) is 11.5 Å². The van der Waals surface area contributed by atoms with Crippen molar-refractivity contribution in [3.63, 3.8) is 0 Å². The van der Waals surface area contributed by atoms with E-state index in [4.69, 9.17) is 9.84 Å². The maximum atomic E-state index is 12.2. The highest BCUT2D eigenvalue weighted by atomic mass is 16.5. The predicted molar refractivity (Wildman–Crippen MR) is 106 cm³/mol. The molecule has 3 N–H and O–H groups in total. The second-order valence-electron chi connectivity index (χ2n) is 6.16. The summed E-state index contributed by atoms with van der Waals surface area (Å²) >= 11 is 0. The van der Waals surface area contributed by atoms with Crippen molar-refractivity contribution < 1.29 is 29.3 Å². The number of carbonyl (C=O) groups excluding carboxylic acids is 1. The number of carbonyl (C=O) groups is 3. The van der Waals surface area contributed by atoms with Gasteiger partial charge in [0.2, 0.25) is 5.91 Å². The van der Waals surface area contributed by atoms with Gasteiger partial charge >= 0.3 is 11.9 Å². The molecule has 3 aromatic carbocycles. The van der Waals surface area contributed by atoms with Crippen LogP contribution in [-0.2, 0) is 11.2 Å². The largest absolute Gasteiger partial charge is 0.478 e. The number of anilines is 1. The highest BCUT2D eigenvalue weighted by molar-refractivity contribution is 6.01. The Morgan fingerprint density at radius 2 is 1.52 bits per heavy atom. The van der Waals surface area contributed by atoms with Crippen LogP contribution in [0.25, 0.3) is 0 Å². The normalized spacial score (nSPS) is 10.2. The SMILES string of the molecule is O=C(Cc1ccccc1)Nc1ccc(Oc2cccc(C(=O)O)c2)cc1C(=O)O. The van der Waals surface area contributed by atoms with Crippen LogP contribution in [0.1, 0.15) is 26.3 Å². The number of ether oxygens (including phenoxy) is 1. The van der Waals surface area contributed by atoms with Crippen molar-refractivity contribution in [2.24, 2.45) is 0 Å². The summed E-state index contributed by atoms with van der Waals surface area (Å²) in [4.78, 5) is 34.9. The molecule has 7 nitrogen and oxygen atoms in total. The molecule has 0 aliphatic carbocycles. The molecule has 0 aliphatic heterocycles. The third-order valence-corrected chi connectivity index (χ3v) is 4.02. The lowest BCUT2D eigenvalue weighted by Crippen LogP contribution is -2.16. The quantitative estimate of drug-likeness (QED) is 0.560. The van der Waals surface area contributed by atoms with Gasteiger partial charge in [-0.15, -0.1) is 0 Å². The van der Waals surface area contributed by atoms with Crippen molar-refractivity contribution in [1.82, 2.24) is 0 Å². The predicted octanol–water partition coefficient (Wildman–Crippen LogP) is 4.06. The van der Waals surface area contributed by atoms with Crippen LogP contribution in [0.3, 0.4) is 0 Å². The molecule has 3 rings (SSSR count). The summed E-state index contributed by atoms with van der Waals surface area (Å²) in [6.45, 7) is 0. The van der Waals surface area contributed by atoms with Gasteiger partial charge in [0.05, 0.1) is 23.2 Å². The van der Waals surface area contributed by atoms with E-state index in [1.54, 1.807) is 18.2 Å². The number of aromatic carboxylic acids is 2. The fourth-order valence-electron chi connectivity index (χ4n) is 2.68. The molecule has 0 bridgehead atoms. The molecule has 0 radical (unpaired) electrons. The Bertz CT molecular complexity index is 1060. The second kappa shape index (κ2) is 8.71. The number of nitrogens with one attached hydrogen (secondary N) is 1. The number of carboxylic acid groups (broad SMARTS) is 2. The van der Waals surface area contributed by atoms with Gasteiger partial charge in [-0.3, -0.25) is 4.79 Å². The van der Waals surface area contributed by atoms with Crippen molar-refractivity contribution in [3.8, 4) is 11.5 Å². The van der Waals surface area contributed by atoms with Gasteiger partial charge in [-0.2, -0.15) is 0 Å². The topological polar surface area (TPSA) is 113 Å². The van der Waals surface area contributed by atoms with E-state index in [1.165, 1.54) is 36.4 Å². The Balaban J connectivity index is 1.78. The maximum Gasteiger partial charge on any atom is 0.337 e. The molecule has 0 aromatic heterocycles. The molecule has 0 spiro atoms. The van der Waals surface area contributed by atoms with E-state index in [0.717, 1.165) is 5.56 Å². The first-order valence-electron chi connectivity index (χ1n) is 8.65. The van der Waals surface area contributed by atoms with E-state index in [1.807, 2.05) is 18.2 Å². The van der Waals surface area contributed by atoms with Crippen LogP contribution in [0.4, 0.5) is 5.69 Å². The minimum absolute atomic E-state index is 0.0470. The summed E-state index contributed by atoms with van der Waals surface area (Å²) in [5.74, 6) is -2.22. The molecule has 1 amide bonds. The van der Waals surface area contributed by atoms with Crippen LogP contribution < -0.4 is 10.1 Å². The average molecular weight is 391 g/mol. The Labute approximate surface area is 166 Å². The summed E-state index contributed by atoms with van der Waals surface area (Å²) in [5, 5.41) is 21.1. The van der Waals surface area contributed by atoms with E-state index in [-0.39, 0.29) is 40.6 Å². The third kappa shape index (κ3) is 5.20. The molecule has 29 heavy (non-hydrogen) atoms. The molecule has 0 heterocycles. The van der Waals surface area contributed by atoms with Crippen LogP contribution in [0.2, 0.25) is 0 Å². The summed E-state index contributed by atoms with van der Waals surface area (Å²) in [6, 6.07) is 19.1. The zero-order valence-electron chi connectivity index (χ0n) is 15.2. The van der Waals surface area contributed by atoms with Crippen molar-refractivity contribution >= 4 is 23.5 Å². The molecule has 146 valence electrons. The van der Waals surface area contributed by atoms with Crippen molar-refractivity contribution in [2.45, 2.75) is 6.42 Å². The number of amides is 1. The highest BCUT2D eigenvalue weighted by Gasteiger charge is 2.15. The van der Waals surface area contributed by atoms with Crippen molar-refractivity contribution in [1.29, 1.82) is 0 Å². The van der Waals surface area contributed by atoms with Gasteiger partial charge in [-0.05, 0) is 42.0 Å². The lowest BCUT2D eigenvalue weighted by atomic mass is 10.1. The van der Waals surface area contributed by atoms with E-state index < -0.39 is 11.9 Å². The molecule has 7 heteroatoms. The first-order chi connectivity index (χ1) is 13.9. The molecule has 0 fully saturated rings. The smallest absolute Gasteiger partial charge is 0.337 e. The van der Waals surface area contributed by atoms with Gasteiger partial charge in [0.25, 0.3) is 0 Å². The fraction of sp³-hybridized carbons (Fsp3) is 0.0455. The van der Waals surface area contributed by atoms with Gasteiger partial charge in [0.15, 0.2) is 0 Å². The number of hydrogen-bond acceptors (Lipinski definition) is 4. The molecule has 0 atom stereocenters. The zero-order chi connectivity index (χ0) is 20.8. The first-order valence-corrected chi connectivity index (χ1v) is 8.65. The van der Waals surface area contributed by atoms with Crippen LogP contribution in [0.15, 0.2) is 72.8 Å². The number of hydrogen-bond donors (Lipinski definition) is 3. The minimum Gasteiger partial charge on any atom is -0.478 e. The number of carboxylic acids is 2. The molecular weight excluding hydrogens is 374 g/mol. The molecular formula is C22H17NO6. The van der Waals surface area contributed by atoms with Gasteiger partial charge in [0, 0.05) is 0 Å². The van der Waals surface area contributed by atoms with Gasteiger partial charge in [0.1, 0.15) is 11.5 Å². The van der Waals surface area contributed by atoms with Gasteiger partial charge in [-0.25, -0.2) is 9.59 Å². The Kier molecular flexibility index (Phi) is 5.89. The van der Waals surface area contributed by atoms with Crippen molar-refractivity contribution in [2.75, 3.05) is 5.32 Å². The van der Waals surface area contributed by atoms with Crippen LogP contribution >= 0.6 is 0 Å². The molecule has 0 saturated carbocycles. The molecule has 0 aliphatic rings. The van der Waals surface area contributed by atoms with Gasteiger partial charge < -0.3 is 20.3 Å². The van der Waals surface area contributed by atoms with E-state index >= 15 is 0 Å². The molecule has 3 aromatic rings. The summed E-state index contributed by atoms with van der Waals surface area (Å²) in [5.41, 5.74) is 0.856. The Morgan fingerprint density at radius 3 is 2.21 bits per heavy atom. The molecule has 0 saturated heterocycles. The first kappa shape index (κ1) is 19.6. The third-order valence-electron chi connectivity index (χ3n) is 4.02. The van der Waals surface area contributed by atoms with Crippen LogP contribution in [0, 0.1) is 0 Å². The standard InChI is InChI=1S/C22H17NO6/c24-20(11-14-5-2-1-3-6-14)23-19-10-9-17(13-18(19)22(27)28)29-16-8-4-7-15(12-16)21(25)26/h1-10,12-13H,11H2,(H,23,24)(H,25,26)(H,27,28). The summed E-state index contributed by atoms with van der Waals surface area (Å²) in [7, 11) is 0. The van der Waals surface area contributed by atoms with Gasteiger partial charge in [-0.1, -0.05) is 36.4 Å². The second-order valence-corrected chi connectivity index (χ2v) is 6.16. The van der Waals surface area contributed by atoms with E-state index in [0.29, 0.717) is 0 Å². The lowest BCUT2D eigenvalue weighted by molar-refractivity contribution is -0.115. The van der Waals surface area contributed by atoms with E-state index in [2.05, 4.69) is 5.32 Å². The van der Waals surface area contributed by atoms with Crippen LogP contribution in [-0.4, -0.2) is 28.1 Å². The monoisotopic (exact) mass is 391 g/mol. The van der Waals surface area contributed by atoms with E-state index in [9.17, 15) is 19.5 Å². The zero-order valence-corrected chi connectivity index (χ0v) is 15.2. The number of rotatable bonds is 7. The van der Waals surface area contributed by atoms with Crippen molar-refractivity contribution in [3.05, 3.63) is 89.5 Å². The average Bonchev–Trinajstić information content (AvgIpc) is 2.70. The lowest BCUT2D eigenvalue weighted by Gasteiger charge is -2.12. The summed E-state index contributed by atoms with van der Waals surface area (Å²) in [6.07, 6.45) is 0.111. The Morgan fingerprint density at radius 1 is 0.793 bits per heavy atom. The Hall–Kier alpha value is -4.13. The highest BCUT2D eigenvalue weighted by Crippen LogP contribution is 2.27. The fourth-order valence-corrected chi connectivity index (χ4v) is 2.68. The minimum atomic E-state index is -1.23. The summed E-state index contributed by atoms with van der Waals surface area (Å²) < 4.78 is 5.58.